The van der Waals surface area contributed by atoms with E-state index in [-0.39, 0.29) is 12.3 Å². The lowest BCUT2D eigenvalue weighted by molar-refractivity contribution is -0.163. The molecule has 0 aliphatic carbocycles. The number of rotatable bonds is 2. The molecule has 0 spiro atoms. The van der Waals surface area contributed by atoms with Crippen LogP contribution in [0.2, 0.25) is 0 Å². The first-order valence-electron chi connectivity index (χ1n) is 7.71. The molecule has 6 nitrogen and oxygen atoms in total. The second kappa shape index (κ2) is 5.47. The van der Waals surface area contributed by atoms with Gasteiger partial charge in [-0.25, -0.2) is 0 Å². The molecule has 2 heterocycles. The van der Waals surface area contributed by atoms with Gasteiger partial charge < -0.3 is 9.47 Å². The van der Waals surface area contributed by atoms with Crippen molar-refractivity contribution in [3.63, 3.8) is 0 Å². The largest absolute Gasteiger partial charge is 0.468 e. The topological polar surface area (TPSA) is 74.6 Å². The number of nitrogens with zero attached hydrogens (tertiary/aromatic N) is 1. The molecule has 1 unspecified atom stereocenters. The number of carbonyl (C=O) groups is 3. The Morgan fingerprint density at radius 3 is 2.33 bits per heavy atom. The molecule has 1 aromatic carbocycles. The van der Waals surface area contributed by atoms with Crippen LogP contribution in [0.15, 0.2) is 24.3 Å². The minimum Gasteiger partial charge on any atom is -0.468 e. The fourth-order valence-corrected chi connectivity index (χ4v) is 3.80. The number of aryl methyl sites for hydroxylation is 1. The lowest BCUT2D eigenvalue weighted by Gasteiger charge is -2.36. The van der Waals surface area contributed by atoms with Crippen molar-refractivity contribution in [3.05, 3.63) is 35.5 Å². The van der Waals surface area contributed by atoms with Crippen LogP contribution in [0.3, 0.4) is 0 Å². The zero-order valence-electron chi connectivity index (χ0n) is 14.1. The molecule has 1 aromatic heterocycles. The number of methoxy groups -OCH3 is 2. The first kappa shape index (κ1) is 16.2. The standard InChI is InChI=1S/C18H19NO5/c1-10-9-18(16(21)23-3,17(22)24-4)14-11(2)12-7-5-6-8-13(12)19(14)15(10)20/h5-8,10H,9H2,1-4H3. The predicted molar refractivity (Wildman–Crippen MR) is 86.8 cm³/mol. The molecular weight excluding hydrogens is 310 g/mol. The van der Waals surface area contributed by atoms with Gasteiger partial charge in [-0.2, -0.15) is 0 Å². The van der Waals surface area contributed by atoms with Crippen molar-refractivity contribution in [3.8, 4) is 0 Å². The lowest BCUT2D eigenvalue weighted by Crippen LogP contribution is -2.53. The Bertz CT molecular complexity index is 848. The number of hydrogen-bond acceptors (Lipinski definition) is 5. The number of carbonyl (C=O) groups excluding carboxylic acids is 3. The number of aromatic nitrogens is 1. The van der Waals surface area contributed by atoms with Gasteiger partial charge in [0.2, 0.25) is 11.3 Å². The van der Waals surface area contributed by atoms with E-state index in [0.29, 0.717) is 16.8 Å². The molecule has 0 amide bonds. The average molecular weight is 329 g/mol. The fourth-order valence-electron chi connectivity index (χ4n) is 3.80. The summed E-state index contributed by atoms with van der Waals surface area (Å²) in [5.41, 5.74) is 0.103. The van der Waals surface area contributed by atoms with Crippen molar-refractivity contribution in [1.29, 1.82) is 0 Å². The summed E-state index contributed by atoms with van der Waals surface area (Å²) in [6.07, 6.45) is 0.0301. The molecule has 0 saturated carbocycles. The Labute approximate surface area is 139 Å². The van der Waals surface area contributed by atoms with Gasteiger partial charge in [0.15, 0.2) is 0 Å². The molecule has 0 N–H and O–H groups in total. The second-order valence-corrected chi connectivity index (χ2v) is 6.16. The first-order chi connectivity index (χ1) is 11.4. The van der Waals surface area contributed by atoms with Crippen molar-refractivity contribution in [2.45, 2.75) is 25.7 Å². The Morgan fingerprint density at radius 2 is 1.75 bits per heavy atom. The van der Waals surface area contributed by atoms with Crippen LogP contribution in [0.4, 0.5) is 0 Å². The number of fused-ring (bicyclic) bond motifs is 3. The van der Waals surface area contributed by atoms with E-state index in [1.807, 2.05) is 18.2 Å². The van der Waals surface area contributed by atoms with Gasteiger partial charge in [0.1, 0.15) is 0 Å². The van der Waals surface area contributed by atoms with E-state index < -0.39 is 23.3 Å². The van der Waals surface area contributed by atoms with Gasteiger partial charge >= 0.3 is 11.9 Å². The van der Waals surface area contributed by atoms with Crippen molar-refractivity contribution >= 4 is 28.7 Å². The molecule has 3 rings (SSSR count). The van der Waals surface area contributed by atoms with E-state index in [9.17, 15) is 14.4 Å². The molecule has 1 aliphatic heterocycles. The van der Waals surface area contributed by atoms with E-state index >= 15 is 0 Å². The highest BCUT2D eigenvalue weighted by Crippen LogP contribution is 2.44. The van der Waals surface area contributed by atoms with Gasteiger partial charge in [0, 0.05) is 11.3 Å². The van der Waals surface area contributed by atoms with Crippen LogP contribution in [0, 0.1) is 12.8 Å². The number of hydrogen-bond donors (Lipinski definition) is 0. The smallest absolute Gasteiger partial charge is 0.329 e. The Morgan fingerprint density at radius 1 is 1.17 bits per heavy atom. The Hall–Kier alpha value is -2.63. The zero-order chi connectivity index (χ0) is 17.6. The van der Waals surface area contributed by atoms with E-state index in [1.165, 1.54) is 18.8 Å². The number of benzene rings is 1. The Kier molecular flexibility index (Phi) is 3.70. The number of esters is 2. The van der Waals surface area contributed by atoms with Crippen LogP contribution >= 0.6 is 0 Å². The first-order valence-corrected chi connectivity index (χ1v) is 7.71. The van der Waals surface area contributed by atoms with Crippen molar-refractivity contribution < 1.29 is 23.9 Å². The summed E-state index contributed by atoms with van der Waals surface area (Å²) in [6, 6.07) is 7.35. The van der Waals surface area contributed by atoms with Crippen LogP contribution < -0.4 is 0 Å². The monoisotopic (exact) mass is 329 g/mol. The maximum Gasteiger partial charge on any atom is 0.329 e. The summed E-state index contributed by atoms with van der Waals surface area (Å²) in [4.78, 5) is 38.2. The van der Waals surface area contributed by atoms with Crippen molar-refractivity contribution in [1.82, 2.24) is 4.57 Å². The van der Waals surface area contributed by atoms with Gasteiger partial charge in [0.25, 0.3) is 0 Å². The van der Waals surface area contributed by atoms with Crippen LogP contribution in [-0.2, 0) is 24.5 Å². The van der Waals surface area contributed by atoms with E-state index in [4.69, 9.17) is 9.47 Å². The highest BCUT2D eigenvalue weighted by atomic mass is 16.5. The SMILES string of the molecule is COC(=O)C1(C(=O)OC)CC(C)C(=O)n2c1c(C)c1ccccc12. The summed E-state index contributed by atoms with van der Waals surface area (Å²) < 4.78 is 11.4. The quantitative estimate of drug-likeness (QED) is 0.624. The lowest BCUT2D eigenvalue weighted by atomic mass is 9.72. The van der Waals surface area contributed by atoms with Gasteiger partial charge in [-0.3, -0.25) is 19.0 Å². The van der Waals surface area contributed by atoms with Crippen molar-refractivity contribution in [2.75, 3.05) is 14.2 Å². The molecule has 1 aliphatic rings. The van der Waals surface area contributed by atoms with Crippen molar-refractivity contribution in [2.24, 2.45) is 5.92 Å². The molecule has 6 heteroatoms. The zero-order valence-corrected chi connectivity index (χ0v) is 14.1. The average Bonchev–Trinajstić information content (AvgIpc) is 2.90. The summed E-state index contributed by atoms with van der Waals surface area (Å²) in [5, 5.41) is 0.826. The minimum atomic E-state index is -1.64. The fraction of sp³-hybridized carbons (Fsp3) is 0.389. The summed E-state index contributed by atoms with van der Waals surface area (Å²) in [7, 11) is 2.47. The molecule has 0 bridgehead atoms. The number of para-hydroxylation sites is 1. The predicted octanol–water partition coefficient (Wildman–Crippen LogP) is 2.21. The molecule has 0 radical (unpaired) electrons. The van der Waals surface area contributed by atoms with Gasteiger partial charge in [-0.05, 0) is 25.0 Å². The Balaban J connectivity index is 2.48. The highest BCUT2D eigenvalue weighted by molar-refractivity contribution is 6.11. The summed E-state index contributed by atoms with van der Waals surface area (Å²) in [6.45, 7) is 3.51. The third-order valence-corrected chi connectivity index (χ3v) is 4.85. The van der Waals surface area contributed by atoms with Gasteiger partial charge in [0.05, 0.1) is 25.4 Å². The van der Waals surface area contributed by atoms with E-state index in [2.05, 4.69) is 0 Å². The molecule has 24 heavy (non-hydrogen) atoms. The minimum absolute atomic E-state index is 0.0301. The summed E-state index contributed by atoms with van der Waals surface area (Å²) >= 11 is 0. The van der Waals surface area contributed by atoms with Crippen LogP contribution in [0.5, 0.6) is 0 Å². The van der Waals surface area contributed by atoms with Gasteiger partial charge in [-0.15, -0.1) is 0 Å². The van der Waals surface area contributed by atoms with E-state index in [1.54, 1.807) is 19.9 Å². The molecule has 126 valence electrons. The molecule has 1 atom stereocenters. The summed E-state index contributed by atoms with van der Waals surface area (Å²) in [5.74, 6) is -2.08. The van der Waals surface area contributed by atoms with Crippen LogP contribution in [0.25, 0.3) is 10.9 Å². The third-order valence-electron chi connectivity index (χ3n) is 4.85. The number of ether oxygens (including phenoxy) is 2. The normalized spacial score (nSPS) is 19.0. The van der Waals surface area contributed by atoms with E-state index in [0.717, 1.165) is 5.39 Å². The van der Waals surface area contributed by atoms with Crippen LogP contribution in [-0.4, -0.2) is 36.6 Å². The molecule has 2 aromatic rings. The maximum absolute atomic E-state index is 12.8. The van der Waals surface area contributed by atoms with Crippen LogP contribution in [0.1, 0.15) is 29.4 Å². The molecular formula is C18H19NO5. The molecule has 0 fully saturated rings. The van der Waals surface area contributed by atoms with Gasteiger partial charge in [-0.1, -0.05) is 25.1 Å². The maximum atomic E-state index is 12.8. The second-order valence-electron chi connectivity index (χ2n) is 6.16. The molecule has 0 saturated heterocycles. The highest BCUT2D eigenvalue weighted by Gasteiger charge is 2.58. The third kappa shape index (κ3) is 1.85.